The summed E-state index contributed by atoms with van der Waals surface area (Å²) in [7, 11) is 0. The van der Waals surface area contributed by atoms with Crippen LogP contribution in [0, 0.1) is 0 Å². The highest BCUT2D eigenvalue weighted by Gasteiger charge is 2.04. The van der Waals surface area contributed by atoms with Crippen LogP contribution in [0.1, 0.15) is 54.4 Å². The van der Waals surface area contributed by atoms with Crippen LogP contribution in [0.15, 0.2) is 48.6 Å². The third kappa shape index (κ3) is 24.9. The van der Waals surface area contributed by atoms with Gasteiger partial charge in [-0.1, -0.05) is 38.2 Å². The van der Waals surface area contributed by atoms with Gasteiger partial charge in [0.1, 0.15) is 25.4 Å². The van der Waals surface area contributed by atoms with Gasteiger partial charge in [-0.15, -0.1) is 0 Å². The standard InChI is InChI=1S/2C12H18O4/c2*1-4-12(16-11(3)14)8-6-5-7-9-15-10(2)13/h2*5-8,12H,4,9H2,1-3H3. The van der Waals surface area contributed by atoms with Crippen LogP contribution in [0.2, 0.25) is 0 Å². The van der Waals surface area contributed by atoms with Crippen molar-refractivity contribution in [3.8, 4) is 0 Å². The molecule has 180 valence electrons. The monoisotopic (exact) mass is 452 g/mol. The van der Waals surface area contributed by atoms with Gasteiger partial charge < -0.3 is 18.9 Å². The molecule has 0 radical (unpaired) electrons. The van der Waals surface area contributed by atoms with E-state index < -0.39 is 0 Å². The largest absolute Gasteiger partial charge is 0.462 e. The molecule has 0 fully saturated rings. The number of esters is 4. The minimum Gasteiger partial charge on any atom is -0.462 e. The van der Waals surface area contributed by atoms with Gasteiger partial charge in [0, 0.05) is 27.7 Å². The molecule has 0 aromatic rings. The Morgan fingerprint density at radius 2 is 0.938 bits per heavy atom. The van der Waals surface area contributed by atoms with Crippen molar-refractivity contribution in [3.05, 3.63) is 48.6 Å². The maximum atomic E-state index is 10.7. The molecule has 0 bridgehead atoms. The lowest BCUT2D eigenvalue weighted by atomic mass is 10.2. The van der Waals surface area contributed by atoms with E-state index in [4.69, 9.17) is 18.9 Å². The van der Waals surface area contributed by atoms with Crippen molar-refractivity contribution in [2.45, 2.75) is 66.6 Å². The van der Waals surface area contributed by atoms with Crippen LogP contribution in [0.3, 0.4) is 0 Å². The average molecular weight is 453 g/mol. The molecule has 2 atom stereocenters. The van der Waals surface area contributed by atoms with Gasteiger partial charge in [0.05, 0.1) is 0 Å². The molecular formula is C24H36O8. The third-order valence-electron chi connectivity index (χ3n) is 3.35. The normalized spacial score (nSPS) is 12.9. The number of carbonyl (C=O) groups excluding carboxylic acids is 4. The highest BCUT2D eigenvalue weighted by molar-refractivity contribution is 5.67. The van der Waals surface area contributed by atoms with E-state index >= 15 is 0 Å². The Hall–Kier alpha value is -3.16. The molecule has 0 heterocycles. The number of rotatable bonds is 12. The number of allylic oxidation sites excluding steroid dienone is 4. The van der Waals surface area contributed by atoms with E-state index in [9.17, 15) is 19.2 Å². The Labute approximate surface area is 190 Å². The second kappa shape index (κ2) is 21.1. The van der Waals surface area contributed by atoms with Crippen LogP contribution in [0.5, 0.6) is 0 Å². The predicted molar refractivity (Wildman–Crippen MR) is 122 cm³/mol. The first-order chi connectivity index (χ1) is 15.1. The summed E-state index contributed by atoms with van der Waals surface area (Å²) >= 11 is 0. The SMILES string of the molecule is CCC(C=CC=CCOC(C)=O)OC(C)=O.CCC(C=CC=CCOC(C)=O)OC(C)=O. The second-order valence-electron chi connectivity index (χ2n) is 6.34. The summed E-state index contributed by atoms with van der Waals surface area (Å²) in [4.78, 5) is 42.2. The van der Waals surface area contributed by atoms with Crippen LogP contribution in [-0.2, 0) is 38.1 Å². The Morgan fingerprint density at radius 1 is 0.594 bits per heavy atom. The summed E-state index contributed by atoms with van der Waals surface area (Å²) in [6.07, 6.45) is 15.1. The van der Waals surface area contributed by atoms with Gasteiger partial charge in [-0.2, -0.15) is 0 Å². The van der Waals surface area contributed by atoms with E-state index in [2.05, 4.69) is 0 Å². The van der Waals surface area contributed by atoms with E-state index in [0.29, 0.717) is 0 Å². The summed E-state index contributed by atoms with van der Waals surface area (Å²) < 4.78 is 19.4. The van der Waals surface area contributed by atoms with Gasteiger partial charge in [0.2, 0.25) is 0 Å². The molecule has 8 nitrogen and oxygen atoms in total. The molecule has 0 spiro atoms. The molecular weight excluding hydrogens is 416 g/mol. The van der Waals surface area contributed by atoms with Crippen molar-refractivity contribution in [2.24, 2.45) is 0 Å². The molecule has 0 aliphatic carbocycles. The maximum Gasteiger partial charge on any atom is 0.303 e. The summed E-state index contributed by atoms with van der Waals surface area (Å²) in [5, 5.41) is 0. The Kier molecular flexibility index (Phi) is 20.4. The molecule has 0 amide bonds. The second-order valence-corrected chi connectivity index (χ2v) is 6.34. The molecule has 0 saturated heterocycles. The maximum absolute atomic E-state index is 10.7. The topological polar surface area (TPSA) is 105 Å². The van der Waals surface area contributed by atoms with Crippen molar-refractivity contribution >= 4 is 23.9 Å². The molecule has 0 aliphatic rings. The quantitative estimate of drug-likeness (QED) is 0.248. The van der Waals surface area contributed by atoms with Crippen molar-refractivity contribution in [3.63, 3.8) is 0 Å². The van der Waals surface area contributed by atoms with E-state index in [1.807, 2.05) is 13.8 Å². The van der Waals surface area contributed by atoms with Gasteiger partial charge in [0.15, 0.2) is 0 Å². The number of hydrogen-bond acceptors (Lipinski definition) is 8. The lowest BCUT2D eigenvalue weighted by Crippen LogP contribution is -2.11. The number of hydrogen-bond donors (Lipinski definition) is 0. The summed E-state index contributed by atoms with van der Waals surface area (Å²) in [5.41, 5.74) is 0. The van der Waals surface area contributed by atoms with Gasteiger partial charge in [0.25, 0.3) is 0 Å². The lowest BCUT2D eigenvalue weighted by Gasteiger charge is -2.09. The Balaban J connectivity index is 0. The molecule has 0 N–H and O–H groups in total. The fourth-order valence-corrected chi connectivity index (χ4v) is 1.92. The smallest absolute Gasteiger partial charge is 0.303 e. The molecule has 0 saturated carbocycles. The van der Waals surface area contributed by atoms with Gasteiger partial charge in [-0.05, 0) is 37.1 Å². The van der Waals surface area contributed by atoms with Crippen LogP contribution in [0.25, 0.3) is 0 Å². The van der Waals surface area contributed by atoms with Gasteiger partial charge in [-0.3, -0.25) is 19.2 Å². The Bertz CT molecular complexity index is 615. The van der Waals surface area contributed by atoms with E-state index in [1.54, 1.807) is 48.6 Å². The Morgan fingerprint density at radius 3 is 1.19 bits per heavy atom. The van der Waals surface area contributed by atoms with Crippen molar-refractivity contribution in [2.75, 3.05) is 13.2 Å². The molecule has 0 aliphatic heterocycles. The number of carbonyl (C=O) groups is 4. The van der Waals surface area contributed by atoms with Crippen molar-refractivity contribution in [1.29, 1.82) is 0 Å². The lowest BCUT2D eigenvalue weighted by molar-refractivity contribution is -0.145. The van der Waals surface area contributed by atoms with Crippen molar-refractivity contribution < 1.29 is 38.1 Å². The van der Waals surface area contributed by atoms with Crippen LogP contribution in [0.4, 0.5) is 0 Å². The molecule has 32 heavy (non-hydrogen) atoms. The highest BCUT2D eigenvalue weighted by Crippen LogP contribution is 2.01. The molecule has 8 heteroatoms. The van der Waals surface area contributed by atoms with E-state index in [0.717, 1.165) is 12.8 Å². The fourth-order valence-electron chi connectivity index (χ4n) is 1.92. The first-order valence-electron chi connectivity index (χ1n) is 10.4. The molecule has 0 rings (SSSR count). The minimum atomic E-state index is -0.306. The van der Waals surface area contributed by atoms with E-state index in [-0.39, 0.29) is 49.3 Å². The zero-order valence-corrected chi connectivity index (χ0v) is 19.9. The fraction of sp³-hybridized carbons (Fsp3) is 0.500. The first kappa shape index (κ1) is 31.0. The average Bonchev–Trinajstić information content (AvgIpc) is 2.70. The van der Waals surface area contributed by atoms with E-state index in [1.165, 1.54) is 27.7 Å². The highest BCUT2D eigenvalue weighted by atomic mass is 16.5. The van der Waals surface area contributed by atoms with Crippen LogP contribution < -0.4 is 0 Å². The predicted octanol–water partition coefficient (Wildman–Crippen LogP) is 4.01. The van der Waals surface area contributed by atoms with Gasteiger partial charge in [-0.25, -0.2) is 0 Å². The molecule has 0 aromatic carbocycles. The van der Waals surface area contributed by atoms with Gasteiger partial charge >= 0.3 is 23.9 Å². The number of ether oxygens (including phenoxy) is 4. The summed E-state index contributed by atoms with van der Waals surface area (Å²) in [6, 6.07) is 0. The third-order valence-corrected chi connectivity index (χ3v) is 3.35. The minimum absolute atomic E-state index is 0.198. The molecule has 2 unspecified atom stereocenters. The van der Waals surface area contributed by atoms with Crippen LogP contribution in [-0.4, -0.2) is 49.3 Å². The zero-order chi connectivity index (χ0) is 24.8. The van der Waals surface area contributed by atoms with Crippen LogP contribution >= 0.6 is 0 Å². The summed E-state index contributed by atoms with van der Waals surface area (Å²) in [6.45, 7) is 9.85. The summed E-state index contributed by atoms with van der Waals surface area (Å²) in [5.74, 6) is -1.19. The first-order valence-corrected chi connectivity index (χ1v) is 10.4. The van der Waals surface area contributed by atoms with Crippen molar-refractivity contribution in [1.82, 2.24) is 0 Å². The zero-order valence-electron chi connectivity index (χ0n) is 19.9. The molecule has 0 aromatic heterocycles.